The molecule has 112 valence electrons. The molecule has 0 aromatic heterocycles. The van der Waals surface area contributed by atoms with E-state index in [1.807, 2.05) is 26.1 Å². The van der Waals surface area contributed by atoms with Gasteiger partial charge in [0.2, 0.25) is 0 Å². The van der Waals surface area contributed by atoms with Gasteiger partial charge in [-0.05, 0) is 38.8 Å². The van der Waals surface area contributed by atoms with E-state index in [-0.39, 0.29) is 0 Å². The van der Waals surface area contributed by atoms with Crippen LogP contribution in [0.1, 0.15) is 25.3 Å². The molecule has 1 heterocycles. The molecule has 0 saturated carbocycles. The molecule has 1 N–H and O–H groups in total. The zero-order chi connectivity index (χ0) is 14.2. The second-order valence-electron chi connectivity index (χ2n) is 5.07. The summed E-state index contributed by atoms with van der Waals surface area (Å²) in [5, 5.41) is 3.18. The maximum atomic E-state index is 6.09. The lowest BCUT2D eigenvalue weighted by Crippen LogP contribution is -2.22. The molecule has 1 aromatic rings. The number of rotatable bonds is 7. The van der Waals surface area contributed by atoms with Crippen LogP contribution in [0.15, 0.2) is 18.2 Å². The summed E-state index contributed by atoms with van der Waals surface area (Å²) >= 11 is 0. The Balaban J connectivity index is 2.05. The second kappa shape index (κ2) is 8.12. The number of ether oxygens (including phenoxy) is 3. The normalized spacial score (nSPS) is 16.1. The summed E-state index contributed by atoms with van der Waals surface area (Å²) in [4.78, 5) is 0. The Morgan fingerprint density at radius 1 is 1.25 bits per heavy atom. The van der Waals surface area contributed by atoms with E-state index in [0.717, 1.165) is 56.3 Å². The van der Waals surface area contributed by atoms with Gasteiger partial charge in [-0.3, -0.25) is 0 Å². The molecule has 4 nitrogen and oxygen atoms in total. The van der Waals surface area contributed by atoms with Crippen molar-refractivity contribution in [2.24, 2.45) is 5.92 Å². The standard InChI is InChI=1S/C16H25NO3/c1-3-19-15-6-4-5-14(11-17-2)16(15)20-12-13-7-9-18-10-8-13/h4-6,13,17H,3,7-12H2,1-2H3. The fourth-order valence-corrected chi connectivity index (χ4v) is 2.44. The van der Waals surface area contributed by atoms with Crippen LogP contribution < -0.4 is 14.8 Å². The number of hydrogen-bond acceptors (Lipinski definition) is 4. The number of nitrogens with one attached hydrogen (secondary N) is 1. The smallest absolute Gasteiger partial charge is 0.165 e. The van der Waals surface area contributed by atoms with E-state index in [1.165, 1.54) is 0 Å². The summed E-state index contributed by atoms with van der Waals surface area (Å²) < 4.78 is 17.2. The van der Waals surface area contributed by atoms with Crippen molar-refractivity contribution in [1.82, 2.24) is 5.32 Å². The highest BCUT2D eigenvalue weighted by Gasteiger charge is 2.17. The Hall–Kier alpha value is -1.26. The molecule has 0 spiro atoms. The van der Waals surface area contributed by atoms with E-state index in [4.69, 9.17) is 14.2 Å². The highest BCUT2D eigenvalue weighted by molar-refractivity contribution is 5.46. The molecule has 0 aliphatic carbocycles. The van der Waals surface area contributed by atoms with E-state index >= 15 is 0 Å². The van der Waals surface area contributed by atoms with Crippen LogP contribution in [0.3, 0.4) is 0 Å². The van der Waals surface area contributed by atoms with Crippen molar-refractivity contribution in [1.29, 1.82) is 0 Å². The SMILES string of the molecule is CCOc1cccc(CNC)c1OCC1CCOCC1. The average Bonchev–Trinajstić information content (AvgIpc) is 2.48. The topological polar surface area (TPSA) is 39.7 Å². The fraction of sp³-hybridized carbons (Fsp3) is 0.625. The van der Waals surface area contributed by atoms with E-state index in [0.29, 0.717) is 12.5 Å². The van der Waals surface area contributed by atoms with Gasteiger partial charge < -0.3 is 19.5 Å². The van der Waals surface area contributed by atoms with E-state index in [1.54, 1.807) is 0 Å². The molecule has 2 rings (SSSR count). The van der Waals surface area contributed by atoms with Crippen molar-refractivity contribution in [3.05, 3.63) is 23.8 Å². The molecule has 1 aliphatic heterocycles. The maximum absolute atomic E-state index is 6.09. The second-order valence-corrected chi connectivity index (χ2v) is 5.07. The molecule has 0 unspecified atom stereocenters. The lowest BCUT2D eigenvalue weighted by Gasteiger charge is -2.23. The Morgan fingerprint density at radius 3 is 2.75 bits per heavy atom. The molecule has 1 fully saturated rings. The third-order valence-corrected chi connectivity index (χ3v) is 3.53. The van der Waals surface area contributed by atoms with Crippen molar-refractivity contribution in [2.45, 2.75) is 26.3 Å². The van der Waals surface area contributed by atoms with E-state index < -0.39 is 0 Å². The molecular weight excluding hydrogens is 254 g/mol. The first-order valence-electron chi connectivity index (χ1n) is 7.45. The quantitative estimate of drug-likeness (QED) is 0.833. The van der Waals surface area contributed by atoms with Gasteiger partial charge in [-0.15, -0.1) is 0 Å². The van der Waals surface area contributed by atoms with Crippen LogP contribution in [0.4, 0.5) is 0 Å². The van der Waals surface area contributed by atoms with Gasteiger partial charge in [0.05, 0.1) is 13.2 Å². The summed E-state index contributed by atoms with van der Waals surface area (Å²) in [5.74, 6) is 2.31. The average molecular weight is 279 g/mol. The molecule has 1 aliphatic rings. The number of para-hydroxylation sites is 1. The minimum Gasteiger partial charge on any atom is -0.490 e. The molecule has 4 heteroatoms. The Kier molecular flexibility index (Phi) is 6.15. The molecule has 0 amide bonds. The molecule has 20 heavy (non-hydrogen) atoms. The van der Waals surface area contributed by atoms with Gasteiger partial charge >= 0.3 is 0 Å². The van der Waals surface area contributed by atoms with Crippen LogP contribution in [-0.2, 0) is 11.3 Å². The number of benzene rings is 1. The van der Waals surface area contributed by atoms with Crippen molar-refractivity contribution < 1.29 is 14.2 Å². The van der Waals surface area contributed by atoms with Crippen molar-refractivity contribution >= 4 is 0 Å². The van der Waals surface area contributed by atoms with E-state index in [2.05, 4.69) is 11.4 Å². The Labute approximate surface area is 121 Å². The highest BCUT2D eigenvalue weighted by Crippen LogP contribution is 2.32. The zero-order valence-corrected chi connectivity index (χ0v) is 12.5. The summed E-state index contributed by atoms with van der Waals surface area (Å²) in [5.41, 5.74) is 1.14. The minimum atomic E-state index is 0.584. The molecule has 0 atom stereocenters. The van der Waals surface area contributed by atoms with Crippen LogP contribution in [0, 0.1) is 5.92 Å². The van der Waals surface area contributed by atoms with Gasteiger partial charge in [0.25, 0.3) is 0 Å². The Bertz CT molecular complexity index is 378. The van der Waals surface area contributed by atoms with Crippen molar-refractivity contribution in [2.75, 3.05) is 33.5 Å². The predicted molar refractivity (Wildman–Crippen MR) is 79.4 cm³/mol. The summed E-state index contributed by atoms with van der Waals surface area (Å²) in [7, 11) is 1.94. The lowest BCUT2D eigenvalue weighted by molar-refractivity contribution is 0.0491. The van der Waals surface area contributed by atoms with Crippen molar-refractivity contribution in [3.63, 3.8) is 0 Å². The van der Waals surface area contributed by atoms with Gasteiger partial charge in [-0.25, -0.2) is 0 Å². The molecule has 1 saturated heterocycles. The minimum absolute atomic E-state index is 0.584. The van der Waals surface area contributed by atoms with Gasteiger partial charge in [0, 0.05) is 25.3 Å². The summed E-state index contributed by atoms with van der Waals surface area (Å²) in [6, 6.07) is 6.07. The lowest BCUT2D eigenvalue weighted by atomic mass is 10.0. The van der Waals surface area contributed by atoms with Gasteiger partial charge in [-0.1, -0.05) is 12.1 Å². The fourth-order valence-electron chi connectivity index (χ4n) is 2.44. The first-order chi connectivity index (χ1) is 9.85. The van der Waals surface area contributed by atoms with Gasteiger partial charge in [-0.2, -0.15) is 0 Å². The van der Waals surface area contributed by atoms with Crippen LogP contribution in [-0.4, -0.2) is 33.5 Å². The third-order valence-electron chi connectivity index (χ3n) is 3.53. The van der Waals surface area contributed by atoms with E-state index in [9.17, 15) is 0 Å². The van der Waals surface area contributed by atoms with Crippen LogP contribution >= 0.6 is 0 Å². The van der Waals surface area contributed by atoms with Crippen LogP contribution in [0.25, 0.3) is 0 Å². The molecule has 1 aromatic carbocycles. The van der Waals surface area contributed by atoms with Gasteiger partial charge in [0.15, 0.2) is 11.5 Å². The molecule has 0 bridgehead atoms. The Morgan fingerprint density at radius 2 is 2.05 bits per heavy atom. The predicted octanol–water partition coefficient (Wildman–Crippen LogP) is 2.61. The van der Waals surface area contributed by atoms with Crippen molar-refractivity contribution in [3.8, 4) is 11.5 Å². The van der Waals surface area contributed by atoms with Gasteiger partial charge in [0.1, 0.15) is 0 Å². The summed E-state index contributed by atoms with van der Waals surface area (Å²) in [6.45, 7) is 5.87. The van der Waals surface area contributed by atoms with Crippen LogP contribution in [0.2, 0.25) is 0 Å². The zero-order valence-electron chi connectivity index (χ0n) is 12.5. The third kappa shape index (κ3) is 4.12. The molecule has 0 radical (unpaired) electrons. The first kappa shape index (κ1) is 15.1. The highest BCUT2D eigenvalue weighted by atomic mass is 16.5. The van der Waals surface area contributed by atoms with Crippen LogP contribution in [0.5, 0.6) is 11.5 Å². The summed E-state index contributed by atoms with van der Waals surface area (Å²) in [6.07, 6.45) is 2.16. The number of hydrogen-bond donors (Lipinski definition) is 1. The maximum Gasteiger partial charge on any atom is 0.165 e. The first-order valence-corrected chi connectivity index (χ1v) is 7.45. The largest absolute Gasteiger partial charge is 0.490 e. The molecular formula is C16H25NO3. The monoisotopic (exact) mass is 279 g/mol.